The van der Waals surface area contributed by atoms with E-state index in [0.717, 1.165) is 34.2 Å². The van der Waals surface area contributed by atoms with E-state index in [1.54, 1.807) is 13.8 Å². The first-order chi connectivity index (χ1) is 21.8. The molecular weight excluding hydrogens is 558 g/mol. The van der Waals surface area contributed by atoms with Crippen LogP contribution in [-0.2, 0) is 30.6 Å². The van der Waals surface area contributed by atoms with Crippen LogP contribution in [-0.4, -0.2) is 36.2 Å². The normalized spacial score (nSPS) is 12.7. The number of carbonyl (C=O) groups is 1. The minimum atomic E-state index is -1.06. The average Bonchev–Trinajstić information content (AvgIpc) is 3.76. The van der Waals surface area contributed by atoms with Crippen LogP contribution >= 0.6 is 0 Å². The fourth-order valence-corrected chi connectivity index (χ4v) is 6.22. The first-order valence-electron chi connectivity index (χ1n) is 15.4. The van der Waals surface area contributed by atoms with Crippen molar-refractivity contribution in [1.29, 1.82) is 0 Å². The highest BCUT2D eigenvalue weighted by Crippen LogP contribution is 2.28. The van der Waals surface area contributed by atoms with Gasteiger partial charge in [-0.25, -0.2) is 0 Å². The van der Waals surface area contributed by atoms with Crippen molar-refractivity contribution < 1.29 is 4.79 Å². The topological polar surface area (TPSA) is 117 Å². The Morgan fingerprint density at radius 3 is 2.13 bits per heavy atom. The van der Waals surface area contributed by atoms with Gasteiger partial charge >= 0.3 is 0 Å². The van der Waals surface area contributed by atoms with E-state index in [2.05, 4.69) is 98.8 Å². The molecule has 0 saturated carbocycles. The maximum atomic E-state index is 13.4. The van der Waals surface area contributed by atoms with Gasteiger partial charge < -0.3 is 25.6 Å². The number of para-hydroxylation sites is 2. The molecule has 0 radical (unpaired) electrons. The van der Waals surface area contributed by atoms with E-state index in [1.165, 1.54) is 27.3 Å². The molecule has 7 rings (SSSR count). The summed E-state index contributed by atoms with van der Waals surface area (Å²) in [5.41, 5.74) is 10.9. The summed E-state index contributed by atoms with van der Waals surface area (Å²) in [6, 6.07) is 30.9. The Labute approximate surface area is 261 Å². The van der Waals surface area contributed by atoms with Crippen molar-refractivity contribution in [2.75, 3.05) is 0 Å². The van der Waals surface area contributed by atoms with E-state index in [1.807, 2.05) is 24.4 Å². The van der Waals surface area contributed by atoms with E-state index in [9.17, 15) is 4.79 Å². The lowest BCUT2D eigenvalue weighted by Crippen LogP contribution is -2.50. The Morgan fingerprint density at radius 1 is 0.778 bits per heavy atom. The SMILES string of the molecule is CC(C)(N)C(=O)N[C@H](Cc1c[nH]c2ccccc12)c1nnc(CCc2c[nH]c3ccccc23)n1Cc1cccc2ccccc12. The number of nitrogens with two attached hydrogens (primary N) is 1. The second-order valence-corrected chi connectivity index (χ2v) is 12.4. The lowest BCUT2D eigenvalue weighted by Gasteiger charge is -2.25. The standard InChI is InChI=1S/C37H37N7O/c1-37(2,38)36(45)41-33(20-27-22-40-32-17-8-6-15-30(27)32)35-43-42-34(19-18-25-21-39-31-16-7-5-14-29(25)31)44(35)23-26-12-9-11-24-10-3-4-13-28(24)26/h3-17,21-22,33,39-40H,18-20,23,38H2,1-2H3,(H,41,45)/t33-/m1/s1. The van der Waals surface area contributed by atoms with Crippen LogP contribution in [0.15, 0.2) is 103 Å². The number of carbonyl (C=O) groups excluding carboxylic acids is 1. The number of hydrogen-bond acceptors (Lipinski definition) is 4. The maximum absolute atomic E-state index is 13.4. The molecule has 7 aromatic rings. The van der Waals surface area contributed by atoms with Gasteiger partial charge in [0.1, 0.15) is 5.82 Å². The Bertz CT molecular complexity index is 2120. The Balaban J connectivity index is 1.31. The van der Waals surface area contributed by atoms with Crippen LogP contribution in [0, 0.1) is 0 Å². The van der Waals surface area contributed by atoms with Crippen LogP contribution < -0.4 is 11.1 Å². The molecule has 1 amide bonds. The summed E-state index contributed by atoms with van der Waals surface area (Å²) < 4.78 is 2.19. The maximum Gasteiger partial charge on any atom is 0.240 e. The van der Waals surface area contributed by atoms with Gasteiger partial charge in [0.25, 0.3) is 0 Å². The number of aromatic amines is 2. The molecule has 8 heteroatoms. The fraction of sp³-hybridized carbons (Fsp3) is 0.216. The van der Waals surface area contributed by atoms with Crippen LogP contribution in [0.25, 0.3) is 32.6 Å². The third-order valence-corrected chi connectivity index (χ3v) is 8.66. The van der Waals surface area contributed by atoms with Crippen molar-refractivity contribution in [3.63, 3.8) is 0 Å². The molecule has 0 fully saturated rings. The molecule has 0 aliphatic heterocycles. The number of nitrogens with zero attached hydrogens (tertiary/aromatic N) is 3. The second kappa shape index (κ2) is 11.7. The molecular formula is C37H37N7O. The van der Waals surface area contributed by atoms with Gasteiger partial charge in [-0.2, -0.15) is 0 Å². The summed E-state index contributed by atoms with van der Waals surface area (Å²) in [5.74, 6) is 1.33. The number of fused-ring (bicyclic) bond motifs is 3. The molecule has 4 aromatic carbocycles. The summed E-state index contributed by atoms with van der Waals surface area (Å²) >= 11 is 0. The molecule has 0 saturated heterocycles. The quantitative estimate of drug-likeness (QED) is 0.147. The number of H-pyrrole nitrogens is 2. The van der Waals surface area contributed by atoms with Crippen molar-refractivity contribution in [2.24, 2.45) is 5.73 Å². The number of rotatable bonds is 10. The number of aryl methyl sites for hydroxylation is 2. The number of hydrogen-bond donors (Lipinski definition) is 4. The molecule has 0 bridgehead atoms. The summed E-state index contributed by atoms with van der Waals surface area (Å²) in [6.07, 6.45) is 6.12. The van der Waals surface area contributed by atoms with Gasteiger partial charge in [-0.05, 0) is 59.9 Å². The molecule has 226 valence electrons. The molecule has 0 aliphatic carbocycles. The summed E-state index contributed by atoms with van der Waals surface area (Å²) in [7, 11) is 0. The van der Waals surface area contributed by atoms with Gasteiger partial charge in [0, 0.05) is 47.0 Å². The second-order valence-electron chi connectivity index (χ2n) is 12.4. The van der Waals surface area contributed by atoms with Gasteiger partial charge in [-0.15, -0.1) is 10.2 Å². The lowest BCUT2D eigenvalue weighted by molar-refractivity contribution is -0.126. The van der Waals surface area contributed by atoms with E-state index in [0.29, 0.717) is 25.2 Å². The Hall–Kier alpha value is -5.21. The lowest BCUT2D eigenvalue weighted by atomic mass is 10.0. The summed E-state index contributed by atoms with van der Waals surface area (Å²) in [5, 5.41) is 17.5. The van der Waals surface area contributed by atoms with Crippen LogP contribution in [0.1, 0.15) is 48.2 Å². The highest BCUT2D eigenvalue weighted by molar-refractivity contribution is 5.87. The first kappa shape index (κ1) is 28.6. The Morgan fingerprint density at radius 2 is 1.40 bits per heavy atom. The van der Waals surface area contributed by atoms with Crippen LogP contribution in [0.2, 0.25) is 0 Å². The monoisotopic (exact) mass is 595 g/mol. The Kier molecular flexibility index (Phi) is 7.43. The average molecular weight is 596 g/mol. The molecule has 1 atom stereocenters. The highest BCUT2D eigenvalue weighted by atomic mass is 16.2. The predicted octanol–water partition coefficient (Wildman–Crippen LogP) is 6.36. The summed E-state index contributed by atoms with van der Waals surface area (Å²) in [4.78, 5) is 20.2. The fourth-order valence-electron chi connectivity index (χ4n) is 6.22. The summed E-state index contributed by atoms with van der Waals surface area (Å²) in [6.45, 7) is 4.01. The molecule has 3 heterocycles. The molecule has 0 aliphatic rings. The third-order valence-electron chi connectivity index (χ3n) is 8.66. The number of benzene rings is 4. The van der Waals surface area contributed by atoms with Crippen molar-refractivity contribution >= 4 is 38.5 Å². The number of amides is 1. The molecule has 0 unspecified atom stereocenters. The number of aromatic nitrogens is 5. The molecule has 0 spiro atoms. The van der Waals surface area contributed by atoms with Gasteiger partial charge in [-0.3, -0.25) is 4.79 Å². The van der Waals surface area contributed by atoms with Gasteiger partial charge in [0.2, 0.25) is 5.91 Å². The van der Waals surface area contributed by atoms with Crippen LogP contribution in [0.4, 0.5) is 0 Å². The van der Waals surface area contributed by atoms with E-state index >= 15 is 0 Å². The minimum Gasteiger partial charge on any atom is -0.361 e. The molecule has 3 aromatic heterocycles. The zero-order chi connectivity index (χ0) is 31.0. The zero-order valence-electron chi connectivity index (χ0n) is 25.5. The number of nitrogens with one attached hydrogen (secondary N) is 3. The molecule has 8 nitrogen and oxygen atoms in total. The first-order valence-corrected chi connectivity index (χ1v) is 15.4. The minimum absolute atomic E-state index is 0.243. The molecule has 5 N–H and O–H groups in total. The van der Waals surface area contributed by atoms with Crippen molar-refractivity contribution in [3.8, 4) is 0 Å². The van der Waals surface area contributed by atoms with Gasteiger partial charge in [0.15, 0.2) is 5.82 Å². The predicted molar refractivity (Wildman–Crippen MR) is 180 cm³/mol. The van der Waals surface area contributed by atoms with Gasteiger partial charge in [0.05, 0.1) is 18.1 Å². The van der Waals surface area contributed by atoms with Crippen molar-refractivity contribution in [3.05, 3.63) is 132 Å². The third kappa shape index (κ3) is 5.72. The van der Waals surface area contributed by atoms with E-state index in [-0.39, 0.29) is 5.91 Å². The van der Waals surface area contributed by atoms with Crippen molar-refractivity contribution in [1.82, 2.24) is 30.0 Å². The highest BCUT2D eigenvalue weighted by Gasteiger charge is 2.30. The van der Waals surface area contributed by atoms with Crippen molar-refractivity contribution in [2.45, 2.75) is 51.2 Å². The zero-order valence-corrected chi connectivity index (χ0v) is 25.5. The van der Waals surface area contributed by atoms with E-state index in [4.69, 9.17) is 15.9 Å². The van der Waals surface area contributed by atoms with Crippen LogP contribution in [0.5, 0.6) is 0 Å². The molecule has 45 heavy (non-hydrogen) atoms. The largest absolute Gasteiger partial charge is 0.361 e. The van der Waals surface area contributed by atoms with Gasteiger partial charge in [-0.1, -0.05) is 78.9 Å². The van der Waals surface area contributed by atoms with Crippen LogP contribution in [0.3, 0.4) is 0 Å². The van der Waals surface area contributed by atoms with E-state index < -0.39 is 11.6 Å². The smallest absolute Gasteiger partial charge is 0.240 e.